The maximum atomic E-state index is 11.1. The van der Waals surface area contributed by atoms with Crippen LogP contribution >= 0.6 is 0 Å². The molecular formula is C15H17N3O3. The van der Waals surface area contributed by atoms with E-state index < -0.39 is 0 Å². The monoisotopic (exact) mass is 287 g/mol. The smallest absolute Gasteiger partial charge is 0.278 e. The molecule has 1 fully saturated rings. The van der Waals surface area contributed by atoms with E-state index in [1.165, 1.54) is 0 Å². The van der Waals surface area contributed by atoms with Gasteiger partial charge in [0, 0.05) is 49.2 Å². The first-order chi connectivity index (χ1) is 10.2. The zero-order valence-corrected chi connectivity index (χ0v) is 11.6. The molecule has 0 aliphatic carbocycles. The summed E-state index contributed by atoms with van der Waals surface area (Å²) in [6.07, 6.45) is 5.10. The Labute approximate surface area is 122 Å². The highest BCUT2D eigenvalue weighted by atomic mass is 16.6. The van der Waals surface area contributed by atoms with Gasteiger partial charge in [-0.25, -0.2) is 0 Å². The van der Waals surface area contributed by atoms with Crippen molar-refractivity contribution in [2.45, 2.75) is 12.8 Å². The van der Waals surface area contributed by atoms with Gasteiger partial charge in [-0.1, -0.05) is 0 Å². The van der Waals surface area contributed by atoms with Gasteiger partial charge in [-0.2, -0.15) is 0 Å². The number of anilines is 1. The molecule has 0 atom stereocenters. The van der Waals surface area contributed by atoms with Crippen LogP contribution in [0.4, 0.5) is 11.4 Å². The van der Waals surface area contributed by atoms with Crippen LogP contribution in [0.15, 0.2) is 30.6 Å². The third kappa shape index (κ3) is 2.54. The van der Waals surface area contributed by atoms with Crippen molar-refractivity contribution in [2.24, 2.45) is 5.92 Å². The summed E-state index contributed by atoms with van der Waals surface area (Å²) in [5, 5.41) is 21.8. The summed E-state index contributed by atoms with van der Waals surface area (Å²) < 4.78 is 0. The van der Waals surface area contributed by atoms with Gasteiger partial charge in [-0.15, -0.1) is 0 Å². The number of hydrogen-bond acceptors (Lipinski definition) is 5. The Morgan fingerprint density at radius 1 is 1.29 bits per heavy atom. The van der Waals surface area contributed by atoms with E-state index in [0.717, 1.165) is 37.0 Å². The van der Waals surface area contributed by atoms with Gasteiger partial charge in [0.2, 0.25) is 0 Å². The van der Waals surface area contributed by atoms with Crippen LogP contribution in [0.5, 0.6) is 0 Å². The lowest BCUT2D eigenvalue weighted by molar-refractivity contribution is -0.383. The van der Waals surface area contributed by atoms with Crippen LogP contribution in [0.25, 0.3) is 10.8 Å². The summed E-state index contributed by atoms with van der Waals surface area (Å²) >= 11 is 0. The van der Waals surface area contributed by atoms with E-state index in [-0.39, 0.29) is 17.2 Å². The topological polar surface area (TPSA) is 79.5 Å². The number of hydrogen-bond donors (Lipinski definition) is 1. The molecule has 1 N–H and O–H groups in total. The van der Waals surface area contributed by atoms with Gasteiger partial charge in [-0.3, -0.25) is 15.1 Å². The predicted molar refractivity (Wildman–Crippen MR) is 80.4 cm³/mol. The second kappa shape index (κ2) is 5.65. The Hall–Kier alpha value is -2.21. The van der Waals surface area contributed by atoms with Crippen LogP contribution in [-0.2, 0) is 0 Å². The summed E-state index contributed by atoms with van der Waals surface area (Å²) in [5.41, 5.74) is 1.10. The molecule has 2 aromatic rings. The van der Waals surface area contributed by atoms with Gasteiger partial charge < -0.3 is 10.0 Å². The molecule has 1 aromatic carbocycles. The number of aromatic nitrogens is 1. The molecule has 0 saturated carbocycles. The second-order valence-corrected chi connectivity index (χ2v) is 5.40. The van der Waals surface area contributed by atoms with Crippen LogP contribution in [0.1, 0.15) is 12.8 Å². The van der Waals surface area contributed by atoms with Gasteiger partial charge >= 0.3 is 0 Å². The minimum absolute atomic E-state index is 0.0899. The van der Waals surface area contributed by atoms with E-state index >= 15 is 0 Å². The summed E-state index contributed by atoms with van der Waals surface area (Å²) in [4.78, 5) is 17.0. The van der Waals surface area contributed by atoms with Gasteiger partial charge in [0.1, 0.15) is 0 Å². The Morgan fingerprint density at radius 3 is 2.71 bits per heavy atom. The summed E-state index contributed by atoms with van der Waals surface area (Å²) in [6, 6.07) is 5.20. The molecule has 21 heavy (non-hydrogen) atoms. The van der Waals surface area contributed by atoms with Crippen molar-refractivity contribution in [1.82, 2.24) is 4.98 Å². The van der Waals surface area contributed by atoms with Gasteiger partial charge in [-0.05, 0) is 30.9 Å². The maximum Gasteiger partial charge on any atom is 0.278 e. The fraction of sp³-hybridized carbons (Fsp3) is 0.400. The molecule has 0 bridgehead atoms. The summed E-state index contributed by atoms with van der Waals surface area (Å²) in [5.74, 6) is 0.368. The van der Waals surface area contributed by atoms with E-state index in [1.54, 1.807) is 18.5 Å². The zero-order valence-electron chi connectivity index (χ0n) is 11.6. The normalized spacial score (nSPS) is 16.3. The average Bonchev–Trinajstić information content (AvgIpc) is 2.54. The highest BCUT2D eigenvalue weighted by molar-refractivity contribution is 5.99. The number of benzene rings is 1. The van der Waals surface area contributed by atoms with E-state index in [2.05, 4.69) is 9.88 Å². The first-order valence-corrected chi connectivity index (χ1v) is 7.07. The molecule has 110 valence electrons. The number of aliphatic hydroxyl groups excluding tert-OH is 1. The summed E-state index contributed by atoms with van der Waals surface area (Å²) in [7, 11) is 0. The molecular weight excluding hydrogens is 270 g/mol. The van der Waals surface area contributed by atoms with Crippen molar-refractivity contribution in [3.8, 4) is 0 Å². The zero-order chi connectivity index (χ0) is 14.8. The summed E-state index contributed by atoms with van der Waals surface area (Å²) in [6.45, 7) is 1.96. The van der Waals surface area contributed by atoms with Crippen molar-refractivity contribution in [1.29, 1.82) is 0 Å². The Balaban J connectivity index is 2.00. The highest BCUT2D eigenvalue weighted by Gasteiger charge is 2.22. The largest absolute Gasteiger partial charge is 0.396 e. The quantitative estimate of drug-likeness (QED) is 0.692. The van der Waals surface area contributed by atoms with Crippen LogP contribution in [0.2, 0.25) is 0 Å². The van der Waals surface area contributed by atoms with Gasteiger partial charge in [0.15, 0.2) is 0 Å². The third-order valence-electron chi connectivity index (χ3n) is 4.18. The van der Waals surface area contributed by atoms with Crippen LogP contribution in [0.3, 0.4) is 0 Å². The second-order valence-electron chi connectivity index (χ2n) is 5.40. The molecule has 6 heteroatoms. The van der Waals surface area contributed by atoms with Crippen LogP contribution < -0.4 is 4.90 Å². The number of aliphatic hydroxyl groups is 1. The molecule has 1 aliphatic heterocycles. The molecule has 0 unspecified atom stereocenters. The molecule has 3 rings (SSSR count). The van der Waals surface area contributed by atoms with Crippen molar-refractivity contribution < 1.29 is 10.0 Å². The Bertz CT molecular complexity index is 666. The molecule has 2 heterocycles. The molecule has 1 saturated heterocycles. The molecule has 0 amide bonds. The minimum Gasteiger partial charge on any atom is -0.396 e. The molecule has 1 aromatic heterocycles. The lowest BCUT2D eigenvalue weighted by Crippen LogP contribution is -2.34. The minimum atomic E-state index is -0.369. The van der Waals surface area contributed by atoms with Crippen molar-refractivity contribution >= 4 is 22.1 Å². The molecule has 1 aliphatic rings. The van der Waals surface area contributed by atoms with E-state index in [1.807, 2.05) is 12.1 Å². The fourth-order valence-corrected chi connectivity index (χ4v) is 2.95. The average molecular weight is 287 g/mol. The van der Waals surface area contributed by atoms with E-state index in [9.17, 15) is 15.2 Å². The number of non-ortho nitro benzene ring substituents is 1. The van der Waals surface area contributed by atoms with Gasteiger partial charge in [0.05, 0.1) is 10.3 Å². The first kappa shape index (κ1) is 13.8. The first-order valence-electron chi connectivity index (χ1n) is 7.07. The van der Waals surface area contributed by atoms with Crippen LogP contribution in [0, 0.1) is 16.0 Å². The maximum absolute atomic E-state index is 11.1. The molecule has 0 radical (unpaired) electrons. The lowest BCUT2D eigenvalue weighted by Gasteiger charge is -2.33. The number of pyridine rings is 1. The molecule has 6 nitrogen and oxygen atoms in total. The molecule has 0 spiro atoms. The number of rotatable bonds is 3. The van der Waals surface area contributed by atoms with Crippen molar-refractivity contribution in [3.05, 3.63) is 40.7 Å². The van der Waals surface area contributed by atoms with Gasteiger partial charge in [0.25, 0.3) is 5.69 Å². The lowest BCUT2D eigenvalue weighted by atomic mass is 9.96. The fourth-order valence-electron chi connectivity index (χ4n) is 2.95. The SMILES string of the molecule is O=[N+]([O-])c1ccc(N2CCC(CO)CC2)c2ccncc12. The number of nitro benzene ring substituents is 1. The van der Waals surface area contributed by atoms with Crippen LogP contribution in [-0.4, -0.2) is 34.7 Å². The van der Waals surface area contributed by atoms with Crippen molar-refractivity contribution in [2.75, 3.05) is 24.6 Å². The number of nitro groups is 1. The standard InChI is InChI=1S/C15H17N3O3/c19-10-11-4-7-17(8-5-11)14-1-2-15(18(20)21)13-9-16-6-3-12(13)14/h1-3,6,9,11,19H,4-5,7-8,10H2. The predicted octanol–water partition coefficient (Wildman–Crippen LogP) is 2.35. The van der Waals surface area contributed by atoms with E-state index in [4.69, 9.17) is 0 Å². The number of piperidine rings is 1. The Morgan fingerprint density at radius 2 is 2.05 bits per heavy atom. The third-order valence-corrected chi connectivity index (χ3v) is 4.18. The highest BCUT2D eigenvalue weighted by Crippen LogP contribution is 2.34. The number of nitrogens with zero attached hydrogens (tertiary/aromatic N) is 3. The Kier molecular flexibility index (Phi) is 3.70. The van der Waals surface area contributed by atoms with Crippen molar-refractivity contribution in [3.63, 3.8) is 0 Å². The van der Waals surface area contributed by atoms with E-state index in [0.29, 0.717) is 11.3 Å². The number of fused-ring (bicyclic) bond motifs is 1.